The molecule has 0 N–H and O–H groups in total. The average Bonchev–Trinajstić information content (AvgIpc) is 2.36. The average molecular weight is 366 g/mol. The summed E-state index contributed by atoms with van der Waals surface area (Å²) in [5.74, 6) is 1.11. The van der Waals surface area contributed by atoms with Gasteiger partial charge < -0.3 is 0 Å². The number of benzene rings is 2. The summed E-state index contributed by atoms with van der Waals surface area (Å²) >= 11 is 7.16. The highest BCUT2D eigenvalue weighted by Crippen LogP contribution is 2.47. The first-order chi connectivity index (χ1) is 8.58. The highest BCUT2D eigenvalue weighted by molar-refractivity contribution is 9.10. The summed E-state index contributed by atoms with van der Waals surface area (Å²) in [6, 6.07) is 13.3. The van der Waals surface area contributed by atoms with Gasteiger partial charge in [-0.05, 0) is 58.4 Å². The van der Waals surface area contributed by atoms with Crippen LogP contribution in [0.2, 0.25) is 0 Å². The Morgan fingerprint density at radius 3 is 1.50 bits per heavy atom. The molecule has 3 rings (SSSR count). The van der Waals surface area contributed by atoms with Crippen LogP contribution in [0.5, 0.6) is 0 Å². The lowest BCUT2D eigenvalue weighted by molar-refractivity contribution is 0.615. The minimum Gasteiger partial charge on any atom is -0.0578 e. The molecule has 2 atom stereocenters. The molecule has 0 aliphatic heterocycles. The van der Waals surface area contributed by atoms with E-state index in [0.717, 1.165) is 0 Å². The molecule has 0 amide bonds. The summed E-state index contributed by atoms with van der Waals surface area (Å²) in [7, 11) is 0. The van der Waals surface area contributed by atoms with Gasteiger partial charge in [0.25, 0.3) is 0 Å². The zero-order chi connectivity index (χ0) is 12.9. The largest absolute Gasteiger partial charge is 0.0578 e. The van der Waals surface area contributed by atoms with Crippen LogP contribution in [0.3, 0.4) is 0 Å². The van der Waals surface area contributed by atoms with Crippen molar-refractivity contribution in [1.29, 1.82) is 0 Å². The minimum atomic E-state index is 0.555. The maximum absolute atomic E-state index is 3.58. The molecule has 1 aliphatic rings. The molecule has 0 spiro atoms. The molecule has 0 aromatic heterocycles. The van der Waals surface area contributed by atoms with Crippen molar-refractivity contribution >= 4 is 31.9 Å². The fraction of sp³-hybridized carbons (Fsp3) is 0.250. The topological polar surface area (TPSA) is 0 Å². The van der Waals surface area contributed by atoms with E-state index in [-0.39, 0.29) is 0 Å². The Kier molecular flexibility index (Phi) is 3.11. The molecular weight excluding hydrogens is 352 g/mol. The van der Waals surface area contributed by atoms with Crippen LogP contribution in [0.15, 0.2) is 45.3 Å². The van der Waals surface area contributed by atoms with E-state index in [1.54, 1.807) is 0 Å². The first-order valence-corrected chi connectivity index (χ1v) is 7.76. The van der Waals surface area contributed by atoms with Crippen LogP contribution in [0.4, 0.5) is 0 Å². The van der Waals surface area contributed by atoms with Gasteiger partial charge in [-0.1, -0.05) is 57.8 Å². The van der Waals surface area contributed by atoms with Crippen molar-refractivity contribution < 1.29 is 0 Å². The molecule has 18 heavy (non-hydrogen) atoms. The summed E-state index contributed by atoms with van der Waals surface area (Å²) in [6.07, 6.45) is 0. The van der Waals surface area contributed by atoms with E-state index in [9.17, 15) is 0 Å². The lowest BCUT2D eigenvalue weighted by Crippen LogP contribution is -2.13. The second-order valence-electron chi connectivity index (χ2n) is 5.04. The summed E-state index contributed by atoms with van der Waals surface area (Å²) in [5, 5.41) is 0. The number of rotatable bonds is 0. The molecule has 0 nitrogen and oxygen atoms in total. The molecule has 2 unspecified atom stereocenters. The van der Waals surface area contributed by atoms with Crippen LogP contribution in [0.25, 0.3) is 11.1 Å². The first-order valence-electron chi connectivity index (χ1n) is 6.17. The molecule has 0 radical (unpaired) electrons. The standard InChI is InChI=1S/C16H14Br2/c1-9-10(2)16-8-12(18)4-6-14(16)13-5-3-11(17)7-15(9)13/h3-10H,1-2H3. The van der Waals surface area contributed by atoms with Gasteiger partial charge in [-0.25, -0.2) is 0 Å². The minimum absolute atomic E-state index is 0.555. The van der Waals surface area contributed by atoms with Crippen LogP contribution < -0.4 is 0 Å². The summed E-state index contributed by atoms with van der Waals surface area (Å²) in [4.78, 5) is 0. The van der Waals surface area contributed by atoms with Crippen molar-refractivity contribution in [3.05, 3.63) is 56.5 Å². The van der Waals surface area contributed by atoms with Gasteiger partial charge >= 0.3 is 0 Å². The van der Waals surface area contributed by atoms with Crippen molar-refractivity contribution in [3.63, 3.8) is 0 Å². The van der Waals surface area contributed by atoms with Crippen LogP contribution in [0, 0.1) is 0 Å². The van der Waals surface area contributed by atoms with Crippen molar-refractivity contribution in [1.82, 2.24) is 0 Å². The van der Waals surface area contributed by atoms with Crippen LogP contribution >= 0.6 is 31.9 Å². The second kappa shape index (κ2) is 4.50. The fourth-order valence-corrected chi connectivity index (χ4v) is 3.61. The Balaban J connectivity index is 2.31. The fourth-order valence-electron chi connectivity index (χ4n) is 2.85. The second-order valence-corrected chi connectivity index (χ2v) is 6.87. The lowest BCUT2D eigenvalue weighted by Gasteiger charge is -2.31. The van der Waals surface area contributed by atoms with E-state index >= 15 is 0 Å². The predicted molar refractivity (Wildman–Crippen MR) is 84.1 cm³/mol. The van der Waals surface area contributed by atoms with Crippen molar-refractivity contribution in [2.75, 3.05) is 0 Å². The Hall–Kier alpha value is -0.600. The van der Waals surface area contributed by atoms with Crippen LogP contribution in [-0.4, -0.2) is 0 Å². The quantitative estimate of drug-likeness (QED) is 0.529. The first kappa shape index (κ1) is 12.4. The van der Waals surface area contributed by atoms with E-state index in [1.165, 1.54) is 31.2 Å². The van der Waals surface area contributed by atoms with Crippen molar-refractivity contribution in [3.8, 4) is 11.1 Å². The van der Waals surface area contributed by atoms with Crippen molar-refractivity contribution in [2.24, 2.45) is 0 Å². The summed E-state index contributed by atoms with van der Waals surface area (Å²) < 4.78 is 2.33. The van der Waals surface area contributed by atoms with Crippen molar-refractivity contribution in [2.45, 2.75) is 25.7 Å². The zero-order valence-electron chi connectivity index (χ0n) is 10.4. The van der Waals surface area contributed by atoms with Gasteiger partial charge in [-0.15, -0.1) is 0 Å². The van der Waals surface area contributed by atoms with E-state index in [2.05, 4.69) is 82.1 Å². The maximum Gasteiger partial charge on any atom is 0.0178 e. The highest BCUT2D eigenvalue weighted by Gasteiger charge is 2.27. The van der Waals surface area contributed by atoms with Crippen LogP contribution in [-0.2, 0) is 0 Å². The van der Waals surface area contributed by atoms with Gasteiger partial charge in [0.05, 0.1) is 0 Å². The number of fused-ring (bicyclic) bond motifs is 3. The van der Waals surface area contributed by atoms with Gasteiger partial charge in [0.2, 0.25) is 0 Å². The molecule has 2 aromatic rings. The lowest BCUT2D eigenvalue weighted by atomic mass is 9.73. The Morgan fingerprint density at radius 1 is 0.722 bits per heavy atom. The molecule has 0 heterocycles. The molecular formula is C16H14Br2. The van der Waals surface area contributed by atoms with Crippen LogP contribution in [0.1, 0.15) is 36.8 Å². The van der Waals surface area contributed by atoms with Gasteiger partial charge in [-0.2, -0.15) is 0 Å². The molecule has 2 aromatic carbocycles. The summed E-state index contributed by atoms with van der Waals surface area (Å²) in [6.45, 7) is 4.64. The van der Waals surface area contributed by atoms with E-state index in [4.69, 9.17) is 0 Å². The Bertz CT molecular complexity index is 561. The molecule has 2 heteroatoms. The van der Waals surface area contributed by atoms with Gasteiger partial charge in [0.15, 0.2) is 0 Å². The molecule has 0 bridgehead atoms. The van der Waals surface area contributed by atoms with Gasteiger partial charge in [-0.3, -0.25) is 0 Å². The zero-order valence-corrected chi connectivity index (χ0v) is 13.5. The summed E-state index contributed by atoms with van der Waals surface area (Å²) in [5.41, 5.74) is 5.66. The third-order valence-corrected chi connectivity index (χ3v) is 5.04. The highest BCUT2D eigenvalue weighted by atomic mass is 79.9. The Labute approximate surface area is 125 Å². The third kappa shape index (κ3) is 1.86. The van der Waals surface area contributed by atoms with E-state index in [1.807, 2.05) is 0 Å². The van der Waals surface area contributed by atoms with Gasteiger partial charge in [0.1, 0.15) is 0 Å². The molecule has 0 saturated heterocycles. The molecule has 1 aliphatic carbocycles. The predicted octanol–water partition coefficient (Wildman–Crippen LogP) is 6.10. The smallest absolute Gasteiger partial charge is 0.0178 e. The SMILES string of the molecule is CC1c2cc(Br)ccc2-c2ccc(Br)cc2C1C. The maximum atomic E-state index is 3.58. The van der Waals surface area contributed by atoms with Gasteiger partial charge in [0, 0.05) is 8.95 Å². The molecule has 0 fully saturated rings. The monoisotopic (exact) mass is 364 g/mol. The van der Waals surface area contributed by atoms with E-state index in [0.29, 0.717) is 11.8 Å². The Morgan fingerprint density at radius 2 is 1.11 bits per heavy atom. The molecule has 92 valence electrons. The number of hydrogen-bond acceptors (Lipinski definition) is 0. The number of halogens is 2. The van der Waals surface area contributed by atoms with E-state index < -0.39 is 0 Å². The normalized spacial score (nSPS) is 21.3. The number of hydrogen-bond donors (Lipinski definition) is 0. The molecule has 0 saturated carbocycles. The third-order valence-electron chi connectivity index (χ3n) is 4.05.